The van der Waals surface area contributed by atoms with Gasteiger partial charge in [-0.3, -0.25) is 4.79 Å². The third-order valence-electron chi connectivity index (χ3n) is 2.61. The van der Waals surface area contributed by atoms with Crippen LogP contribution < -0.4 is 0 Å². The van der Waals surface area contributed by atoms with Crippen LogP contribution in [0.3, 0.4) is 0 Å². The van der Waals surface area contributed by atoms with Crippen molar-refractivity contribution in [3.05, 3.63) is 41.0 Å². The molecule has 0 bridgehead atoms. The Balaban J connectivity index is 1.94. The summed E-state index contributed by atoms with van der Waals surface area (Å²) >= 11 is 1.32. The van der Waals surface area contributed by atoms with Gasteiger partial charge >= 0.3 is 5.97 Å². The number of cyclic esters (lactones) is 1. The number of fused-ring (bicyclic) bond motifs is 1. The summed E-state index contributed by atoms with van der Waals surface area (Å²) in [6.07, 6.45) is 4.82. The van der Waals surface area contributed by atoms with Crippen LogP contribution in [0.1, 0.15) is 34.8 Å². The van der Waals surface area contributed by atoms with Gasteiger partial charge < -0.3 is 4.74 Å². The second-order valence-corrected chi connectivity index (χ2v) is 5.30. The zero-order chi connectivity index (χ0) is 13.0. The summed E-state index contributed by atoms with van der Waals surface area (Å²) in [5, 5.41) is 0.142. The molecule has 0 saturated carbocycles. The van der Waals surface area contributed by atoms with Crippen LogP contribution >= 0.6 is 11.8 Å². The van der Waals surface area contributed by atoms with E-state index in [1.54, 1.807) is 6.92 Å². The molecule has 4 heteroatoms. The van der Waals surface area contributed by atoms with Crippen LogP contribution in [0.4, 0.5) is 0 Å². The predicted molar refractivity (Wildman–Crippen MR) is 72.4 cm³/mol. The van der Waals surface area contributed by atoms with Crippen LogP contribution in [0, 0.1) is 0 Å². The summed E-state index contributed by atoms with van der Waals surface area (Å²) in [7, 11) is 0. The van der Waals surface area contributed by atoms with Gasteiger partial charge in [0.1, 0.15) is 6.61 Å². The lowest BCUT2D eigenvalue weighted by molar-refractivity contribution is -0.109. The minimum Gasteiger partial charge on any atom is -0.457 e. The normalized spacial score (nSPS) is 13.7. The average Bonchev–Trinajstić information content (AvgIpc) is 2.70. The topological polar surface area (TPSA) is 43.4 Å². The summed E-state index contributed by atoms with van der Waals surface area (Å²) < 4.78 is 4.94. The third-order valence-corrected chi connectivity index (χ3v) is 3.46. The molecule has 94 valence electrons. The molecule has 3 nitrogen and oxygen atoms in total. The number of hydrogen-bond acceptors (Lipinski definition) is 4. The van der Waals surface area contributed by atoms with Gasteiger partial charge in [0.05, 0.1) is 5.56 Å². The quantitative estimate of drug-likeness (QED) is 0.618. The first kappa shape index (κ1) is 12.9. The fraction of sp³-hybridized carbons (Fsp3) is 0.286. The largest absolute Gasteiger partial charge is 0.457 e. The van der Waals surface area contributed by atoms with Gasteiger partial charge in [-0.2, -0.15) is 0 Å². The van der Waals surface area contributed by atoms with E-state index in [2.05, 4.69) is 0 Å². The molecule has 0 aliphatic carbocycles. The van der Waals surface area contributed by atoms with Gasteiger partial charge in [-0.15, -0.1) is 0 Å². The van der Waals surface area contributed by atoms with Crippen LogP contribution in [0.5, 0.6) is 0 Å². The monoisotopic (exact) mass is 262 g/mol. The Bertz CT molecular complexity index is 506. The zero-order valence-electron chi connectivity index (χ0n) is 10.1. The highest BCUT2D eigenvalue weighted by Crippen LogP contribution is 2.21. The molecule has 1 heterocycles. The summed E-state index contributed by atoms with van der Waals surface area (Å²) in [5.41, 5.74) is 2.60. The van der Waals surface area contributed by atoms with Gasteiger partial charge in [0, 0.05) is 18.2 Å². The van der Waals surface area contributed by atoms with E-state index in [9.17, 15) is 9.59 Å². The molecule has 1 aliphatic rings. The number of benzene rings is 1. The van der Waals surface area contributed by atoms with Gasteiger partial charge in [-0.1, -0.05) is 36.0 Å². The first-order chi connectivity index (χ1) is 8.66. The molecule has 0 spiro atoms. The van der Waals surface area contributed by atoms with Crippen LogP contribution in [0.25, 0.3) is 6.08 Å². The highest BCUT2D eigenvalue weighted by Gasteiger charge is 2.20. The summed E-state index contributed by atoms with van der Waals surface area (Å²) in [6, 6.07) is 5.74. The molecule has 0 atom stereocenters. The minimum absolute atomic E-state index is 0.142. The number of esters is 1. The van der Waals surface area contributed by atoms with Crippen LogP contribution in [-0.4, -0.2) is 16.8 Å². The predicted octanol–water partition coefficient (Wildman–Crippen LogP) is 3.04. The fourth-order valence-corrected chi connectivity index (χ4v) is 2.27. The lowest BCUT2D eigenvalue weighted by Gasteiger charge is -1.97. The van der Waals surface area contributed by atoms with Crippen LogP contribution in [-0.2, 0) is 16.1 Å². The molecule has 0 N–H and O–H groups in total. The molecule has 0 radical (unpaired) electrons. The third kappa shape index (κ3) is 3.23. The number of rotatable bonds is 4. The van der Waals surface area contributed by atoms with E-state index in [1.165, 1.54) is 11.8 Å². The number of hydrogen-bond donors (Lipinski definition) is 0. The van der Waals surface area contributed by atoms with Crippen molar-refractivity contribution in [1.82, 2.24) is 0 Å². The van der Waals surface area contributed by atoms with E-state index in [0.717, 1.165) is 23.3 Å². The second-order valence-electron chi connectivity index (χ2n) is 4.02. The Labute approximate surface area is 110 Å². The standard InChI is InChI=1S/C14H14O3S/c1-10(15)18-7-3-2-4-11-5-6-12-9-17-14(16)13(12)8-11/h2,4-6,8H,3,7,9H2,1H3. The number of carbonyl (C=O) groups is 2. The first-order valence-corrected chi connectivity index (χ1v) is 6.75. The minimum atomic E-state index is -0.243. The van der Waals surface area contributed by atoms with E-state index < -0.39 is 0 Å². The SMILES string of the molecule is CC(=O)SCCC=Cc1ccc2c(c1)C(=O)OC2. The van der Waals surface area contributed by atoms with Gasteiger partial charge in [0.2, 0.25) is 0 Å². The van der Waals surface area contributed by atoms with Crippen molar-refractivity contribution in [2.24, 2.45) is 0 Å². The summed E-state index contributed by atoms with van der Waals surface area (Å²) in [5.74, 6) is 0.547. The fourth-order valence-electron chi connectivity index (χ4n) is 1.72. The van der Waals surface area contributed by atoms with E-state index >= 15 is 0 Å². The highest BCUT2D eigenvalue weighted by molar-refractivity contribution is 8.13. The van der Waals surface area contributed by atoms with E-state index in [4.69, 9.17) is 4.74 Å². The lowest BCUT2D eigenvalue weighted by atomic mass is 10.1. The number of thioether (sulfide) groups is 1. The molecule has 1 aliphatic heterocycles. The maximum absolute atomic E-state index is 11.4. The summed E-state index contributed by atoms with van der Waals surface area (Å²) in [6.45, 7) is 1.95. The first-order valence-electron chi connectivity index (χ1n) is 5.77. The van der Waals surface area contributed by atoms with Crippen molar-refractivity contribution < 1.29 is 14.3 Å². The average molecular weight is 262 g/mol. The van der Waals surface area contributed by atoms with Crippen LogP contribution in [0.15, 0.2) is 24.3 Å². The number of allylic oxidation sites excluding steroid dienone is 1. The smallest absolute Gasteiger partial charge is 0.338 e. The maximum atomic E-state index is 11.4. The van der Waals surface area contributed by atoms with Gasteiger partial charge in [-0.05, 0) is 18.1 Å². The maximum Gasteiger partial charge on any atom is 0.338 e. The van der Waals surface area contributed by atoms with Crippen molar-refractivity contribution in [3.63, 3.8) is 0 Å². The van der Waals surface area contributed by atoms with E-state index in [-0.39, 0.29) is 11.1 Å². The van der Waals surface area contributed by atoms with Crippen molar-refractivity contribution in [2.45, 2.75) is 20.0 Å². The number of ether oxygens (including phenoxy) is 1. The van der Waals surface area contributed by atoms with Crippen molar-refractivity contribution in [1.29, 1.82) is 0 Å². The molecule has 0 fully saturated rings. The van der Waals surface area contributed by atoms with Crippen molar-refractivity contribution in [2.75, 3.05) is 5.75 Å². The van der Waals surface area contributed by atoms with E-state index in [0.29, 0.717) is 12.2 Å². The zero-order valence-corrected chi connectivity index (χ0v) is 11.0. The Morgan fingerprint density at radius 3 is 3.11 bits per heavy atom. The summed E-state index contributed by atoms with van der Waals surface area (Å²) in [4.78, 5) is 22.1. The van der Waals surface area contributed by atoms with Gasteiger partial charge in [-0.25, -0.2) is 4.79 Å². The van der Waals surface area contributed by atoms with E-state index in [1.807, 2.05) is 30.4 Å². The Kier molecular flexibility index (Phi) is 4.20. The van der Waals surface area contributed by atoms with Gasteiger partial charge in [0.25, 0.3) is 0 Å². The molecular weight excluding hydrogens is 248 g/mol. The Hall–Kier alpha value is -1.55. The Morgan fingerprint density at radius 2 is 2.33 bits per heavy atom. The highest BCUT2D eigenvalue weighted by atomic mass is 32.2. The second kappa shape index (κ2) is 5.87. The molecule has 1 aromatic rings. The molecule has 0 amide bonds. The molecule has 0 unspecified atom stereocenters. The van der Waals surface area contributed by atoms with Gasteiger partial charge in [0.15, 0.2) is 5.12 Å². The number of carbonyl (C=O) groups excluding carboxylic acids is 2. The molecule has 2 rings (SSSR count). The molecule has 1 aromatic carbocycles. The molecule has 0 aromatic heterocycles. The molecular formula is C14H14O3S. The van der Waals surface area contributed by atoms with Crippen molar-refractivity contribution in [3.8, 4) is 0 Å². The lowest BCUT2D eigenvalue weighted by Crippen LogP contribution is -1.93. The molecule has 0 saturated heterocycles. The van der Waals surface area contributed by atoms with Crippen LogP contribution in [0.2, 0.25) is 0 Å². The Morgan fingerprint density at radius 1 is 1.50 bits per heavy atom. The van der Waals surface area contributed by atoms with Crippen molar-refractivity contribution >= 4 is 28.9 Å². The molecule has 18 heavy (non-hydrogen) atoms.